The Hall–Kier alpha value is -1.58. The molecule has 0 bridgehead atoms. The third kappa shape index (κ3) is 2.63. The van der Waals surface area contributed by atoms with Crippen LogP contribution in [0.2, 0.25) is 0 Å². The zero-order valence-corrected chi connectivity index (χ0v) is 11.7. The van der Waals surface area contributed by atoms with Gasteiger partial charge in [0.05, 0.1) is 16.7 Å². The second-order valence-corrected chi connectivity index (χ2v) is 6.39. The van der Waals surface area contributed by atoms with Gasteiger partial charge < -0.3 is 4.42 Å². The third-order valence-corrected chi connectivity index (χ3v) is 3.14. The lowest BCUT2D eigenvalue weighted by atomic mass is 9.89. The van der Waals surface area contributed by atoms with E-state index in [2.05, 4.69) is 45.8 Å². The molecular weight excluding hydrogens is 228 g/mol. The fraction of sp³-hybridized carbons (Fsp3) is 0.571. The van der Waals surface area contributed by atoms with Crippen molar-refractivity contribution in [3.63, 3.8) is 0 Å². The normalized spacial score (nSPS) is 12.9. The molecular formula is C14H21N2O2+. The van der Waals surface area contributed by atoms with E-state index in [0.717, 1.165) is 12.2 Å². The molecule has 98 valence electrons. The highest BCUT2D eigenvalue weighted by atomic mass is 16.5. The van der Waals surface area contributed by atoms with Gasteiger partial charge in [-0.15, -0.1) is 0 Å². The second-order valence-electron chi connectivity index (χ2n) is 6.39. The van der Waals surface area contributed by atoms with E-state index in [-0.39, 0.29) is 10.8 Å². The van der Waals surface area contributed by atoms with E-state index in [4.69, 9.17) is 8.94 Å². The summed E-state index contributed by atoms with van der Waals surface area (Å²) in [6.45, 7) is 11.5. The predicted molar refractivity (Wildman–Crippen MR) is 67.1 cm³/mol. The van der Waals surface area contributed by atoms with Crippen molar-refractivity contribution in [1.29, 1.82) is 0 Å². The Morgan fingerprint density at radius 1 is 1.17 bits per heavy atom. The Bertz CT molecular complexity index is 504. The highest BCUT2D eigenvalue weighted by molar-refractivity contribution is 5.11. The number of rotatable bonds is 3. The maximum absolute atomic E-state index is 5.58. The largest absolute Gasteiger partial charge is 0.451 e. The van der Waals surface area contributed by atoms with Crippen molar-refractivity contribution in [3.05, 3.63) is 36.4 Å². The van der Waals surface area contributed by atoms with Gasteiger partial charge in [-0.1, -0.05) is 20.8 Å². The molecule has 0 spiro atoms. The highest BCUT2D eigenvalue weighted by Gasteiger charge is 2.31. The molecule has 0 aliphatic rings. The van der Waals surface area contributed by atoms with Gasteiger partial charge in [0.25, 0.3) is 0 Å². The van der Waals surface area contributed by atoms with E-state index < -0.39 is 0 Å². The summed E-state index contributed by atoms with van der Waals surface area (Å²) in [7, 11) is 0. The minimum absolute atomic E-state index is 0.104. The van der Waals surface area contributed by atoms with Crippen LogP contribution in [0.3, 0.4) is 0 Å². The van der Waals surface area contributed by atoms with Crippen LogP contribution < -0.4 is 4.74 Å². The number of oxazole rings is 1. The summed E-state index contributed by atoms with van der Waals surface area (Å²) in [6.07, 6.45) is 7.03. The van der Waals surface area contributed by atoms with Crippen LogP contribution in [0.5, 0.6) is 0 Å². The van der Waals surface area contributed by atoms with Gasteiger partial charge in [-0.05, 0) is 24.0 Å². The van der Waals surface area contributed by atoms with Crippen LogP contribution in [0.4, 0.5) is 0 Å². The molecule has 0 radical (unpaired) electrons. The zero-order chi connectivity index (χ0) is 13.4. The molecule has 0 atom stereocenters. The average Bonchev–Trinajstić information content (AvgIpc) is 2.83. The minimum Gasteiger partial charge on any atom is -0.451 e. The zero-order valence-electron chi connectivity index (χ0n) is 11.7. The molecule has 4 heteroatoms. The van der Waals surface area contributed by atoms with Crippen molar-refractivity contribution >= 4 is 0 Å². The molecule has 0 unspecified atom stereocenters. The van der Waals surface area contributed by atoms with E-state index in [1.807, 2.05) is 11.0 Å². The monoisotopic (exact) mass is 249 g/mol. The van der Waals surface area contributed by atoms with Gasteiger partial charge in [0.2, 0.25) is 12.7 Å². The van der Waals surface area contributed by atoms with Crippen molar-refractivity contribution < 1.29 is 13.7 Å². The quantitative estimate of drug-likeness (QED) is 0.786. The number of aromatic nitrogens is 2. The standard InChI is InChI=1S/C14H21N2O2/c1-13(2,3)11-6-16(18-7-11)9-14(4,5)12-8-17-10-15-12/h6-8,10H,9H2,1-5H3/q+1. The second kappa shape index (κ2) is 4.26. The molecule has 4 nitrogen and oxygen atoms in total. The highest BCUT2D eigenvalue weighted by Crippen LogP contribution is 2.23. The first-order chi connectivity index (χ1) is 8.29. The van der Waals surface area contributed by atoms with E-state index in [1.54, 1.807) is 6.26 Å². The van der Waals surface area contributed by atoms with Gasteiger partial charge in [0.1, 0.15) is 6.26 Å². The first-order valence-electron chi connectivity index (χ1n) is 6.17. The fourth-order valence-electron chi connectivity index (χ4n) is 1.81. The molecule has 0 aromatic carbocycles. The van der Waals surface area contributed by atoms with Crippen LogP contribution in [-0.4, -0.2) is 4.98 Å². The van der Waals surface area contributed by atoms with Gasteiger partial charge in [-0.3, -0.25) is 0 Å². The maximum atomic E-state index is 5.58. The predicted octanol–water partition coefficient (Wildman–Crippen LogP) is 2.83. The number of hydrogen-bond acceptors (Lipinski definition) is 3. The summed E-state index contributed by atoms with van der Waals surface area (Å²) in [5, 5.41) is 0. The smallest absolute Gasteiger partial charge is 0.223 e. The SMILES string of the molecule is CC(C)(C)c1co[n+](CC(C)(C)c2cocn2)c1. The molecule has 2 heterocycles. The van der Waals surface area contributed by atoms with Crippen molar-refractivity contribution in [1.82, 2.24) is 4.98 Å². The molecule has 0 aliphatic heterocycles. The molecule has 0 aliphatic carbocycles. The molecule has 2 aromatic heterocycles. The third-order valence-electron chi connectivity index (χ3n) is 3.14. The Kier molecular flexibility index (Phi) is 3.05. The first kappa shape index (κ1) is 12.9. The van der Waals surface area contributed by atoms with Crippen LogP contribution in [0, 0.1) is 0 Å². The van der Waals surface area contributed by atoms with E-state index in [9.17, 15) is 0 Å². The molecule has 0 N–H and O–H groups in total. The summed E-state index contributed by atoms with van der Waals surface area (Å²) in [5.74, 6) is 0. The summed E-state index contributed by atoms with van der Waals surface area (Å²) in [5.41, 5.74) is 2.11. The fourth-order valence-corrected chi connectivity index (χ4v) is 1.81. The van der Waals surface area contributed by atoms with Gasteiger partial charge in [-0.25, -0.2) is 9.51 Å². The van der Waals surface area contributed by atoms with Gasteiger partial charge >= 0.3 is 0 Å². The summed E-state index contributed by atoms with van der Waals surface area (Å²) < 4.78 is 12.5. The lowest BCUT2D eigenvalue weighted by Gasteiger charge is -2.15. The molecule has 0 saturated heterocycles. The van der Waals surface area contributed by atoms with Gasteiger partial charge in [0, 0.05) is 0 Å². The minimum atomic E-state index is -0.120. The molecule has 0 amide bonds. The molecule has 18 heavy (non-hydrogen) atoms. The van der Waals surface area contributed by atoms with Gasteiger partial charge in [-0.2, -0.15) is 0 Å². The number of hydrogen-bond donors (Lipinski definition) is 0. The summed E-state index contributed by atoms with van der Waals surface area (Å²) >= 11 is 0. The van der Waals surface area contributed by atoms with Crippen LogP contribution in [0.15, 0.2) is 34.1 Å². The van der Waals surface area contributed by atoms with Crippen LogP contribution in [0.25, 0.3) is 0 Å². The Morgan fingerprint density at radius 3 is 2.39 bits per heavy atom. The van der Waals surface area contributed by atoms with Gasteiger partial charge in [0.15, 0.2) is 12.7 Å². The summed E-state index contributed by atoms with van der Waals surface area (Å²) in [6, 6.07) is 0. The van der Waals surface area contributed by atoms with E-state index in [1.165, 1.54) is 12.0 Å². The van der Waals surface area contributed by atoms with Crippen LogP contribution in [-0.2, 0) is 17.4 Å². The van der Waals surface area contributed by atoms with Crippen molar-refractivity contribution in [2.75, 3.05) is 0 Å². The molecule has 2 rings (SSSR count). The average molecular weight is 249 g/mol. The Morgan fingerprint density at radius 2 is 1.89 bits per heavy atom. The van der Waals surface area contributed by atoms with E-state index >= 15 is 0 Å². The number of nitrogens with zero attached hydrogens (tertiary/aromatic N) is 2. The van der Waals surface area contributed by atoms with Crippen molar-refractivity contribution in [2.45, 2.75) is 52.0 Å². The molecule has 2 aromatic rings. The van der Waals surface area contributed by atoms with E-state index in [0.29, 0.717) is 0 Å². The van der Waals surface area contributed by atoms with Crippen molar-refractivity contribution in [3.8, 4) is 0 Å². The lowest BCUT2D eigenvalue weighted by Crippen LogP contribution is -2.41. The Labute approximate surface area is 108 Å². The maximum Gasteiger partial charge on any atom is 0.223 e. The van der Waals surface area contributed by atoms with Crippen molar-refractivity contribution in [2.24, 2.45) is 0 Å². The Balaban J connectivity index is 2.17. The molecule has 0 saturated carbocycles. The molecule has 0 fully saturated rings. The topological polar surface area (TPSA) is 43.0 Å². The van der Waals surface area contributed by atoms with Crippen LogP contribution in [0.1, 0.15) is 45.9 Å². The lowest BCUT2D eigenvalue weighted by molar-refractivity contribution is -0.868. The first-order valence-corrected chi connectivity index (χ1v) is 6.17. The summed E-state index contributed by atoms with van der Waals surface area (Å²) in [4.78, 5) is 4.22. The van der Waals surface area contributed by atoms with Crippen LogP contribution >= 0.6 is 0 Å².